The standard InChI is InChI=1S/C8H13BrN2S/c1-8(2,5-10)11-7-4-3-6(9)12-7/h3-4,11H,5,10H2,1-2H3. The topological polar surface area (TPSA) is 38.0 Å². The molecule has 0 fully saturated rings. The molecule has 1 rings (SSSR count). The monoisotopic (exact) mass is 248 g/mol. The maximum Gasteiger partial charge on any atom is 0.0898 e. The van der Waals surface area contributed by atoms with Crippen molar-refractivity contribution in [1.29, 1.82) is 0 Å². The fourth-order valence-electron chi connectivity index (χ4n) is 0.766. The maximum absolute atomic E-state index is 5.59. The second kappa shape index (κ2) is 3.77. The quantitative estimate of drug-likeness (QED) is 0.864. The van der Waals surface area contributed by atoms with Crippen LogP contribution in [-0.4, -0.2) is 12.1 Å². The first-order valence-electron chi connectivity index (χ1n) is 3.77. The largest absolute Gasteiger partial charge is 0.371 e. The minimum absolute atomic E-state index is 0.0235. The van der Waals surface area contributed by atoms with E-state index in [4.69, 9.17) is 5.73 Å². The highest BCUT2D eigenvalue weighted by Crippen LogP contribution is 2.28. The minimum atomic E-state index is -0.0235. The van der Waals surface area contributed by atoms with Crippen molar-refractivity contribution in [2.45, 2.75) is 19.4 Å². The number of halogens is 1. The lowest BCUT2D eigenvalue weighted by atomic mass is 10.1. The van der Waals surface area contributed by atoms with E-state index in [1.807, 2.05) is 12.1 Å². The number of rotatable bonds is 3. The van der Waals surface area contributed by atoms with E-state index in [0.29, 0.717) is 6.54 Å². The molecule has 12 heavy (non-hydrogen) atoms. The van der Waals surface area contributed by atoms with E-state index in [0.717, 1.165) is 8.79 Å². The van der Waals surface area contributed by atoms with Crippen LogP contribution < -0.4 is 11.1 Å². The Balaban J connectivity index is 2.63. The fourth-order valence-corrected chi connectivity index (χ4v) is 2.23. The van der Waals surface area contributed by atoms with Gasteiger partial charge in [-0.1, -0.05) is 0 Å². The molecule has 4 heteroatoms. The van der Waals surface area contributed by atoms with Gasteiger partial charge in [-0.3, -0.25) is 0 Å². The zero-order chi connectivity index (χ0) is 9.19. The number of anilines is 1. The van der Waals surface area contributed by atoms with Crippen molar-refractivity contribution in [3.05, 3.63) is 15.9 Å². The Labute approximate surface area is 85.3 Å². The highest BCUT2D eigenvalue weighted by Gasteiger charge is 2.15. The summed E-state index contributed by atoms with van der Waals surface area (Å²) >= 11 is 5.09. The molecule has 0 aliphatic heterocycles. The third kappa shape index (κ3) is 2.77. The molecule has 0 aromatic carbocycles. The van der Waals surface area contributed by atoms with Crippen LogP contribution in [0.4, 0.5) is 5.00 Å². The Morgan fingerprint density at radius 1 is 1.58 bits per heavy atom. The van der Waals surface area contributed by atoms with Crippen molar-refractivity contribution < 1.29 is 0 Å². The summed E-state index contributed by atoms with van der Waals surface area (Å²) in [7, 11) is 0. The first-order chi connectivity index (χ1) is 5.53. The van der Waals surface area contributed by atoms with E-state index in [9.17, 15) is 0 Å². The Kier molecular flexibility index (Phi) is 3.15. The predicted octanol–water partition coefficient (Wildman–Crippen LogP) is 2.66. The van der Waals surface area contributed by atoms with Gasteiger partial charge in [0.1, 0.15) is 0 Å². The summed E-state index contributed by atoms with van der Waals surface area (Å²) in [6, 6.07) is 4.08. The Morgan fingerprint density at radius 2 is 2.25 bits per heavy atom. The SMILES string of the molecule is CC(C)(CN)Nc1ccc(Br)s1. The second-order valence-electron chi connectivity index (χ2n) is 3.32. The summed E-state index contributed by atoms with van der Waals surface area (Å²) < 4.78 is 1.14. The normalized spacial score (nSPS) is 11.7. The maximum atomic E-state index is 5.59. The smallest absolute Gasteiger partial charge is 0.0898 e. The van der Waals surface area contributed by atoms with Crippen LogP contribution in [0.1, 0.15) is 13.8 Å². The molecule has 0 unspecified atom stereocenters. The van der Waals surface area contributed by atoms with E-state index in [-0.39, 0.29) is 5.54 Å². The number of hydrogen-bond acceptors (Lipinski definition) is 3. The molecule has 0 bridgehead atoms. The molecule has 68 valence electrons. The first kappa shape index (κ1) is 10.0. The summed E-state index contributed by atoms with van der Waals surface area (Å²) in [6.45, 7) is 4.80. The molecule has 0 aliphatic carbocycles. The van der Waals surface area contributed by atoms with E-state index in [1.165, 1.54) is 0 Å². The highest BCUT2D eigenvalue weighted by atomic mass is 79.9. The molecular formula is C8H13BrN2S. The van der Waals surface area contributed by atoms with Crippen LogP contribution in [0.5, 0.6) is 0 Å². The third-order valence-electron chi connectivity index (χ3n) is 1.55. The zero-order valence-electron chi connectivity index (χ0n) is 7.23. The molecule has 0 spiro atoms. The number of nitrogens with two attached hydrogens (primary N) is 1. The number of thiophene rings is 1. The number of nitrogens with one attached hydrogen (secondary N) is 1. The Morgan fingerprint density at radius 3 is 2.67 bits per heavy atom. The molecule has 0 atom stereocenters. The van der Waals surface area contributed by atoms with Gasteiger partial charge in [-0.2, -0.15) is 0 Å². The van der Waals surface area contributed by atoms with Crippen molar-refractivity contribution in [3.63, 3.8) is 0 Å². The van der Waals surface area contributed by atoms with Gasteiger partial charge in [0, 0.05) is 12.1 Å². The average Bonchev–Trinajstić information content (AvgIpc) is 2.35. The minimum Gasteiger partial charge on any atom is -0.371 e. The molecule has 1 aromatic heterocycles. The zero-order valence-corrected chi connectivity index (χ0v) is 9.63. The van der Waals surface area contributed by atoms with Crippen molar-refractivity contribution >= 4 is 32.3 Å². The summed E-state index contributed by atoms with van der Waals surface area (Å²) in [5, 5.41) is 4.50. The molecule has 0 aliphatic rings. The predicted molar refractivity (Wildman–Crippen MR) is 58.8 cm³/mol. The van der Waals surface area contributed by atoms with Crippen LogP contribution in [0.25, 0.3) is 0 Å². The Hall–Kier alpha value is -0.0600. The van der Waals surface area contributed by atoms with E-state index < -0.39 is 0 Å². The molecule has 1 heterocycles. The molecular weight excluding hydrogens is 236 g/mol. The summed E-state index contributed by atoms with van der Waals surface area (Å²) in [5.41, 5.74) is 5.57. The summed E-state index contributed by atoms with van der Waals surface area (Å²) in [6.07, 6.45) is 0. The summed E-state index contributed by atoms with van der Waals surface area (Å²) in [5.74, 6) is 0. The van der Waals surface area contributed by atoms with Crippen LogP contribution in [0.15, 0.2) is 15.9 Å². The summed E-state index contributed by atoms with van der Waals surface area (Å²) in [4.78, 5) is 0. The van der Waals surface area contributed by atoms with Crippen LogP contribution in [-0.2, 0) is 0 Å². The average molecular weight is 249 g/mol. The lowest BCUT2D eigenvalue weighted by Gasteiger charge is -2.24. The van der Waals surface area contributed by atoms with Crippen LogP contribution in [0, 0.1) is 0 Å². The molecule has 0 saturated heterocycles. The van der Waals surface area contributed by atoms with E-state index in [2.05, 4.69) is 35.1 Å². The molecule has 3 N–H and O–H groups in total. The van der Waals surface area contributed by atoms with Gasteiger partial charge in [0.25, 0.3) is 0 Å². The van der Waals surface area contributed by atoms with E-state index in [1.54, 1.807) is 11.3 Å². The number of hydrogen-bond donors (Lipinski definition) is 2. The van der Waals surface area contributed by atoms with Gasteiger partial charge in [0.05, 0.1) is 8.79 Å². The molecule has 2 nitrogen and oxygen atoms in total. The van der Waals surface area contributed by atoms with Gasteiger partial charge >= 0.3 is 0 Å². The molecule has 1 aromatic rings. The van der Waals surface area contributed by atoms with Crippen molar-refractivity contribution in [1.82, 2.24) is 0 Å². The Bertz CT molecular complexity index is 257. The lowest BCUT2D eigenvalue weighted by Crippen LogP contribution is -2.38. The van der Waals surface area contributed by atoms with Gasteiger partial charge < -0.3 is 11.1 Å². The van der Waals surface area contributed by atoms with Crippen molar-refractivity contribution in [2.75, 3.05) is 11.9 Å². The van der Waals surface area contributed by atoms with Crippen molar-refractivity contribution in [3.8, 4) is 0 Å². The highest BCUT2D eigenvalue weighted by molar-refractivity contribution is 9.11. The van der Waals surface area contributed by atoms with Crippen molar-refractivity contribution in [2.24, 2.45) is 5.73 Å². The van der Waals surface area contributed by atoms with Gasteiger partial charge in [-0.15, -0.1) is 11.3 Å². The first-order valence-corrected chi connectivity index (χ1v) is 5.38. The molecule has 0 radical (unpaired) electrons. The van der Waals surface area contributed by atoms with Gasteiger partial charge in [0.15, 0.2) is 0 Å². The van der Waals surface area contributed by atoms with Gasteiger partial charge in [0.2, 0.25) is 0 Å². The third-order valence-corrected chi connectivity index (χ3v) is 3.08. The molecule has 0 amide bonds. The van der Waals surface area contributed by atoms with Gasteiger partial charge in [-0.25, -0.2) is 0 Å². The second-order valence-corrected chi connectivity index (χ2v) is 5.78. The lowest BCUT2D eigenvalue weighted by molar-refractivity contribution is 0.582. The van der Waals surface area contributed by atoms with Crippen LogP contribution in [0.2, 0.25) is 0 Å². The fraction of sp³-hybridized carbons (Fsp3) is 0.500. The van der Waals surface area contributed by atoms with Crippen LogP contribution in [0.3, 0.4) is 0 Å². The van der Waals surface area contributed by atoms with Crippen LogP contribution >= 0.6 is 27.3 Å². The van der Waals surface area contributed by atoms with E-state index >= 15 is 0 Å². The molecule has 0 saturated carbocycles. The van der Waals surface area contributed by atoms with Gasteiger partial charge in [-0.05, 0) is 41.9 Å².